The van der Waals surface area contributed by atoms with E-state index in [1.807, 2.05) is 4.90 Å². The fourth-order valence-electron chi connectivity index (χ4n) is 3.82. The van der Waals surface area contributed by atoms with E-state index >= 15 is 0 Å². The highest BCUT2D eigenvalue weighted by Gasteiger charge is 2.40. The first-order chi connectivity index (χ1) is 14.7. The lowest BCUT2D eigenvalue weighted by molar-refractivity contribution is -0.135. The van der Waals surface area contributed by atoms with E-state index in [9.17, 15) is 27.2 Å². The second-order valence-electron chi connectivity index (χ2n) is 7.48. The van der Waals surface area contributed by atoms with Gasteiger partial charge in [-0.15, -0.1) is 0 Å². The zero-order valence-electron chi connectivity index (χ0n) is 16.3. The van der Waals surface area contributed by atoms with Crippen LogP contribution in [-0.4, -0.2) is 47.1 Å². The van der Waals surface area contributed by atoms with Gasteiger partial charge < -0.3 is 4.90 Å². The molecule has 2 aliphatic heterocycles. The van der Waals surface area contributed by atoms with Gasteiger partial charge in [0, 0.05) is 25.9 Å². The Morgan fingerprint density at radius 2 is 2.00 bits per heavy atom. The van der Waals surface area contributed by atoms with Crippen LogP contribution in [-0.2, 0) is 0 Å². The van der Waals surface area contributed by atoms with Gasteiger partial charge in [-0.05, 0) is 37.1 Å². The number of urea groups is 1. The molecular formula is C20H19F4N5O2. The number of Topliss-reactive ketones (excluding diaryl/α,β-unsaturated/α-hetero) is 1. The van der Waals surface area contributed by atoms with Gasteiger partial charge in [-0.2, -0.15) is 13.2 Å². The summed E-state index contributed by atoms with van der Waals surface area (Å²) in [7, 11) is 0. The van der Waals surface area contributed by atoms with Gasteiger partial charge in [0.2, 0.25) is 0 Å². The number of halogens is 4. The topological polar surface area (TPSA) is 78.4 Å². The first kappa shape index (κ1) is 21.0. The Morgan fingerprint density at radius 3 is 2.71 bits per heavy atom. The number of carbonyl (C=O) groups excluding carboxylic acids is 2. The molecule has 4 heterocycles. The smallest absolute Gasteiger partial charge is 0.366 e. The molecule has 0 aliphatic carbocycles. The summed E-state index contributed by atoms with van der Waals surface area (Å²) in [5.74, 6) is -0.619. The zero-order chi connectivity index (χ0) is 22.2. The van der Waals surface area contributed by atoms with E-state index < -0.39 is 30.2 Å². The van der Waals surface area contributed by atoms with Crippen LogP contribution in [0.4, 0.5) is 39.7 Å². The molecular weight excluding hydrogens is 418 g/mol. The van der Waals surface area contributed by atoms with Crippen molar-refractivity contribution < 1.29 is 27.2 Å². The summed E-state index contributed by atoms with van der Waals surface area (Å²) >= 11 is 0. The summed E-state index contributed by atoms with van der Waals surface area (Å²) in [5, 5.41) is 2.60. The highest BCUT2D eigenvalue weighted by molar-refractivity contribution is 6.05. The second-order valence-corrected chi connectivity index (χ2v) is 7.48. The quantitative estimate of drug-likeness (QED) is 0.561. The van der Waals surface area contributed by atoms with Gasteiger partial charge in [0.15, 0.2) is 11.6 Å². The van der Waals surface area contributed by atoms with Crippen molar-refractivity contribution in [3.63, 3.8) is 0 Å². The van der Waals surface area contributed by atoms with Crippen molar-refractivity contribution in [2.24, 2.45) is 0 Å². The number of hydrogen-bond donors (Lipinski definition) is 1. The minimum atomic E-state index is -4.32. The van der Waals surface area contributed by atoms with Crippen LogP contribution in [0.15, 0.2) is 30.5 Å². The Kier molecular flexibility index (Phi) is 5.50. The molecule has 1 saturated heterocycles. The predicted octanol–water partition coefficient (Wildman–Crippen LogP) is 4.16. The fourth-order valence-corrected chi connectivity index (χ4v) is 3.82. The van der Waals surface area contributed by atoms with Gasteiger partial charge in [-0.1, -0.05) is 0 Å². The molecule has 2 bridgehead atoms. The largest absolute Gasteiger partial charge is 0.389 e. The van der Waals surface area contributed by atoms with Gasteiger partial charge in [0.05, 0.1) is 17.9 Å². The van der Waals surface area contributed by atoms with Crippen LogP contribution in [0, 0.1) is 5.82 Å². The van der Waals surface area contributed by atoms with Crippen molar-refractivity contribution in [3.8, 4) is 0 Å². The van der Waals surface area contributed by atoms with E-state index in [2.05, 4.69) is 15.3 Å². The molecule has 1 fully saturated rings. The van der Waals surface area contributed by atoms with Crippen LogP contribution in [0.25, 0.3) is 0 Å². The Labute approximate surface area is 175 Å². The average Bonchev–Trinajstić information content (AvgIpc) is 3.12. The summed E-state index contributed by atoms with van der Waals surface area (Å²) < 4.78 is 50.2. The minimum Gasteiger partial charge on any atom is -0.366 e. The number of alkyl halides is 3. The first-order valence-electron chi connectivity index (χ1n) is 9.79. The van der Waals surface area contributed by atoms with E-state index in [1.54, 1.807) is 6.07 Å². The average molecular weight is 437 g/mol. The van der Waals surface area contributed by atoms with Crippen LogP contribution in [0.3, 0.4) is 0 Å². The third-order valence-corrected chi connectivity index (χ3v) is 5.28. The molecule has 0 aromatic carbocycles. The van der Waals surface area contributed by atoms with E-state index in [-0.39, 0.29) is 36.2 Å². The number of pyridine rings is 2. The third kappa shape index (κ3) is 4.59. The SMILES string of the molecule is O=C(CCCC(F)(F)F)c1ccc2c(n1)N(C(=O)Nc1ccc(F)cn1)[C@H]1CCN2C1. The van der Waals surface area contributed by atoms with Crippen LogP contribution in [0.2, 0.25) is 0 Å². The molecule has 1 atom stereocenters. The molecule has 164 valence electrons. The number of nitrogens with zero attached hydrogens (tertiary/aromatic N) is 4. The molecule has 7 nitrogen and oxygen atoms in total. The van der Waals surface area contributed by atoms with Crippen molar-refractivity contribution in [2.45, 2.75) is 37.9 Å². The molecule has 0 radical (unpaired) electrons. The molecule has 2 aromatic rings. The van der Waals surface area contributed by atoms with Crippen molar-refractivity contribution in [1.82, 2.24) is 9.97 Å². The number of fused-ring (bicyclic) bond motifs is 4. The zero-order valence-corrected chi connectivity index (χ0v) is 16.3. The lowest BCUT2D eigenvalue weighted by Crippen LogP contribution is -2.48. The molecule has 4 rings (SSSR count). The number of hydrogen-bond acceptors (Lipinski definition) is 5. The summed E-state index contributed by atoms with van der Waals surface area (Å²) in [5.41, 5.74) is 0.684. The summed E-state index contributed by atoms with van der Waals surface area (Å²) in [6.07, 6.45) is -4.30. The van der Waals surface area contributed by atoms with Crippen LogP contribution >= 0.6 is 0 Å². The summed E-state index contributed by atoms with van der Waals surface area (Å²) in [6, 6.07) is 4.92. The van der Waals surface area contributed by atoms with E-state index in [0.29, 0.717) is 25.2 Å². The predicted molar refractivity (Wildman–Crippen MR) is 105 cm³/mol. The molecule has 0 spiro atoms. The number of anilines is 3. The molecule has 2 aliphatic rings. The van der Waals surface area contributed by atoms with Gasteiger partial charge in [-0.25, -0.2) is 19.2 Å². The van der Waals surface area contributed by atoms with Gasteiger partial charge in [0.1, 0.15) is 17.3 Å². The maximum atomic E-state index is 13.1. The van der Waals surface area contributed by atoms with Crippen LogP contribution in [0.5, 0.6) is 0 Å². The fraction of sp³-hybridized carbons (Fsp3) is 0.400. The lowest BCUT2D eigenvalue weighted by Gasteiger charge is -2.35. The summed E-state index contributed by atoms with van der Waals surface area (Å²) in [6.45, 7) is 1.30. The Hall–Kier alpha value is -3.24. The van der Waals surface area contributed by atoms with Crippen molar-refractivity contribution in [1.29, 1.82) is 0 Å². The van der Waals surface area contributed by atoms with Crippen molar-refractivity contribution in [2.75, 3.05) is 28.2 Å². The maximum Gasteiger partial charge on any atom is 0.389 e. The standard InChI is InChI=1S/C20H19F4N5O2/c21-12-3-6-17(25-10-12)27-19(31)29-13-7-9-28(11-13)15-5-4-14(26-18(15)29)16(30)2-1-8-20(22,23)24/h3-6,10,13H,1-2,7-9,11H2,(H,25,27,31)/t13-/m0/s1. The highest BCUT2D eigenvalue weighted by atomic mass is 19.4. The first-order valence-corrected chi connectivity index (χ1v) is 9.79. The molecule has 11 heteroatoms. The molecule has 31 heavy (non-hydrogen) atoms. The van der Waals surface area contributed by atoms with E-state index in [4.69, 9.17) is 0 Å². The van der Waals surface area contributed by atoms with Gasteiger partial charge in [0.25, 0.3) is 0 Å². The van der Waals surface area contributed by atoms with Crippen LogP contribution in [0.1, 0.15) is 36.2 Å². The molecule has 0 unspecified atom stereocenters. The van der Waals surface area contributed by atoms with Crippen molar-refractivity contribution >= 4 is 29.1 Å². The number of rotatable bonds is 5. The van der Waals surface area contributed by atoms with Gasteiger partial charge >= 0.3 is 12.2 Å². The van der Waals surface area contributed by atoms with Crippen LogP contribution < -0.4 is 15.1 Å². The highest BCUT2D eigenvalue weighted by Crippen LogP contribution is 2.39. The number of aromatic nitrogens is 2. The number of ketones is 1. The number of nitrogens with one attached hydrogen (secondary N) is 1. The Balaban J connectivity index is 1.56. The Morgan fingerprint density at radius 1 is 1.19 bits per heavy atom. The molecule has 2 aromatic heterocycles. The minimum absolute atomic E-state index is 0.0149. The number of amides is 2. The molecule has 2 amide bonds. The third-order valence-electron chi connectivity index (χ3n) is 5.28. The molecule has 0 saturated carbocycles. The summed E-state index contributed by atoms with van der Waals surface area (Å²) in [4.78, 5) is 37.0. The Bertz CT molecular complexity index is 996. The molecule has 1 N–H and O–H groups in total. The van der Waals surface area contributed by atoms with E-state index in [1.165, 1.54) is 23.1 Å². The second kappa shape index (κ2) is 8.12. The lowest BCUT2D eigenvalue weighted by atomic mass is 10.1. The van der Waals surface area contributed by atoms with Crippen molar-refractivity contribution in [3.05, 3.63) is 42.0 Å². The number of carbonyl (C=O) groups is 2. The maximum absolute atomic E-state index is 13.1. The normalized spacial score (nSPS) is 17.5. The monoisotopic (exact) mass is 437 g/mol. The van der Waals surface area contributed by atoms with Gasteiger partial charge in [-0.3, -0.25) is 15.0 Å². The van der Waals surface area contributed by atoms with E-state index in [0.717, 1.165) is 6.20 Å².